The van der Waals surface area contributed by atoms with Crippen LogP contribution in [-0.2, 0) is 0 Å². The number of hydrogen-bond donors (Lipinski definition) is 0. The number of ketones is 1. The van der Waals surface area contributed by atoms with Gasteiger partial charge in [0.1, 0.15) is 4.88 Å². The Balaban J connectivity index is 1.45. The van der Waals surface area contributed by atoms with Crippen LogP contribution in [0.25, 0.3) is 17.2 Å². The van der Waals surface area contributed by atoms with E-state index in [1.807, 2.05) is 60.0 Å². The summed E-state index contributed by atoms with van der Waals surface area (Å²) in [6.07, 6.45) is 3.23. The van der Waals surface area contributed by atoms with Gasteiger partial charge in [0.25, 0.3) is 0 Å². The zero-order valence-corrected chi connectivity index (χ0v) is 18.2. The van der Waals surface area contributed by atoms with Crippen LogP contribution >= 0.6 is 11.3 Å². The zero-order valence-electron chi connectivity index (χ0n) is 17.4. The molecule has 3 aromatic carbocycles. The predicted molar refractivity (Wildman–Crippen MR) is 128 cm³/mol. The van der Waals surface area contributed by atoms with Crippen LogP contribution in [-0.4, -0.2) is 18.9 Å². The smallest absolute Gasteiger partial charge is 0.353 e. The average Bonchev–Trinajstić information content (AvgIpc) is 3.39. The van der Waals surface area contributed by atoms with Crippen molar-refractivity contribution in [3.63, 3.8) is 0 Å². The lowest BCUT2D eigenvalue weighted by atomic mass is 10.0. The van der Waals surface area contributed by atoms with Crippen molar-refractivity contribution < 1.29 is 19.1 Å². The summed E-state index contributed by atoms with van der Waals surface area (Å²) >= 11 is 1.31. The maximum absolute atomic E-state index is 12.6. The molecule has 4 nitrogen and oxygen atoms in total. The highest BCUT2D eigenvalue weighted by molar-refractivity contribution is 7.12. The van der Waals surface area contributed by atoms with Crippen molar-refractivity contribution in [3.05, 3.63) is 112 Å². The third-order valence-corrected chi connectivity index (χ3v) is 5.67. The van der Waals surface area contributed by atoms with E-state index in [2.05, 4.69) is 0 Å². The van der Waals surface area contributed by atoms with Gasteiger partial charge in [-0.25, -0.2) is 4.79 Å². The minimum atomic E-state index is -0.435. The molecule has 0 aliphatic rings. The number of carbonyl (C=O) groups excluding carboxylic acids is 2. The van der Waals surface area contributed by atoms with E-state index in [-0.39, 0.29) is 5.78 Å². The van der Waals surface area contributed by atoms with Gasteiger partial charge in [0, 0.05) is 5.56 Å². The van der Waals surface area contributed by atoms with Gasteiger partial charge in [-0.2, -0.15) is 0 Å². The molecule has 0 saturated heterocycles. The molecular formula is C27H20O4S. The van der Waals surface area contributed by atoms with Crippen molar-refractivity contribution in [1.82, 2.24) is 0 Å². The highest BCUT2D eigenvalue weighted by Crippen LogP contribution is 2.30. The van der Waals surface area contributed by atoms with E-state index in [0.717, 1.165) is 16.7 Å². The molecule has 0 aliphatic carbocycles. The van der Waals surface area contributed by atoms with Crippen molar-refractivity contribution in [3.8, 4) is 22.6 Å². The van der Waals surface area contributed by atoms with E-state index in [1.54, 1.807) is 36.4 Å². The standard InChI is InChI=1S/C27H20O4S/c1-30-25-18-19(10-16-24(25)31-27(29)26-8-5-17-32-26)9-15-23(28)22-13-11-21(12-14-22)20-6-3-2-4-7-20/h2-18H,1H3/b15-9+. The fourth-order valence-electron chi connectivity index (χ4n) is 3.14. The van der Waals surface area contributed by atoms with Gasteiger partial charge in [0.2, 0.25) is 0 Å². The van der Waals surface area contributed by atoms with E-state index < -0.39 is 5.97 Å². The molecule has 0 fully saturated rings. The molecule has 0 atom stereocenters. The Morgan fingerprint density at radius 3 is 2.25 bits per heavy atom. The molecule has 0 saturated carbocycles. The zero-order chi connectivity index (χ0) is 22.3. The van der Waals surface area contributed by atoms with E-state index in [1.165, 1.54) is 24.5 Å². The summed E-state index contributed by atoms with van der Waals surface area (Å²) in [5.74, 6) is 0.204. The summed E-state index contributed by atoms with van der Waals surface area (Å²) in [5.41, 5.74) is 3.53. The second-order valence-electron chi connectivity index (χ2n) is 6.92. The topological polar surface area (TPSA) is 52.6 Å². The first kappa shape index (κ1) is 21.3. The number of hydrogen-bond acceptors (Lipinski definition) is 5. The molecule has 32 heavy (non-hydrogen) atoms. The van der Waals surface area contributed by atoms with Gasteiger partial charge < -0.3 is 9.47 Å². The number of rotatable bonds is 7. The van der Waals surface area contributed by atoms with E-state index in [9.17, 15) is 9.59 Å². The van der Waals surface area contributed by atoms with Crippen LogP contribution in [0.3, 0.4) is 0 Å². The number of methoxy groups -OCH3 is 1. The Labute approximate surface area is 190 Å². The van der Waals surface area contributed by atoms with E-state index in [0.29, 0.717) is 21.9 Å². The van der Waals surface area contributed by atoms with Crippen LogP contribution in [0.1, 0.15) is 25.6 Å². The third kappa shape index (κ3) is 5.02. The van der Waals surface area contributed by atoms with Gasteiger partial charge in [0.15, 0.2) is 17.3 Å². The summed E-state index contributed by atoms with van der Waals surface area (Å²) in [4.78, 5) is 25.3. The molecule has 0 N–H and O–H groups in total. The number of carbonyl (C=O) groups is 2. The predicted octanol–water partition coefficient (Wildman–Crippen LogP) is 6.54. The fourth-order valence-corrected chi connectivity index (χ4v) is 3.74. The maximum Gasteiger partial charge on any atom is 0.353 e. The SMILES string of the molecule is COc1cc(/C=C/C(=O)c2ccc(-c3ccccc3)cc2)ccc1OC(=O)c1cccs1. The Morgan fingerprint density at radius 2 is 1.56 bits per heavy atom. The molecular weight excluding hydrogens is 420 g/mol. The first-order chi connectivity index (χ1) is 15.6. The lowest BCUT2D eigenvalue weighted by Crippen LogP contribution is -2.07. The molecule has 0 amide bonds. The van der Waals surface area contributed by atoms with Crippen molar-refractivity contribution >= 4 is 29.2 Å². The minimum Gasteiger partial charge on any atom is -0.493 e. The first-order valence-corrected chi connectivity index (χ1v) is 10.8. The molecule has 0 aliphatic heterocycles. The maximum atomic E-state index is 12.6. The number of thiophene rings is 1. The van der Waals surface area contributed by atoms with Crippen molar-refractivity contribution in [1.29, 1.82) is 0 Å². The Bertz CT molecular complexity index is 1240. The molecule has 5 heteroatoms. The number of allylic oxidation sites excluding steroid dienone is 1. The molecule has 1 heterocycles. The van der Waals surface area contributed by atoms with Crippen LogP contribution in [0.4, 0.5) is 0 Å². The monoisotopic (exact) mass is 440 g/mol. The highest BCUT2D eigenvalue weighted by Gasteiger charge is 2.13. The number of benzene rings is 3. The normalized spacial score (nSPS) is 10.8. The quantitative estimate of drug-likeness (QED) is 0.142. The molecule has 4 aromatic rings. The summed E-state index contributed by atoms with van der Waals surface area (Å²) in [6, 6.07) is 26.2. The summed E-state index contributed by atoms with van der Waals surface area (Å²) < 4.78 is 10.8. The average molecular weight is 441 g/mol. The van der Waals surface area contributed by atoms with E-state index >= 15 is 0 Å². The largest absolute Gasteiger partial charge is 0.493 e. The highest BCUT2D eigenvalue weighted by atomic mass is 32.1. The van der Waals surface area contributed by atoms with Crippen LogP contribution in [0.2, 0.25) is 0 Å². The van der Waals surface area contributed by atoms with Gasteiger partial charge in [-0.05, 0) is 46.3 Å². The molecule has 158 valence electrons. The number of ether oxygens (including phenoxy) is 2. The molecule has 0 unspecified atom stereocenters. The second kappa shape index (κ2) is 9.90. The minimum absolute atomic E-state index is 0.100. The molecule has 0 radical (unpaired) electrons. The second-order valence-corrected chi connectivity index (χ2v) is 7.87. The van der Waals surface area contributed by atoms with Gasteiger partial charge in [-0.3, -0.25) is 4.79 Å². The Morgan fingerprint density at radius 1 is 0.812 bits per heavy atom. The Kier molecular flexibility index (Phi) is 6.58. The third-order valence-electron chi connectivity index (χ3n) is 4.82. The summed E-state index contributed by atoms with van der Waals surface area (Å²) in [6.45, 7) is 0. The summed E-state index contributed by atoms with van der Waals surface area (Å²) in [7, 11) is 1.50. The van der Waals surface area contributed by atoms with Crippen molar-refractivity contribution in [2.45, 2.75) is 0 Å². The first-order valence-electron chi connectivity index (χ1n) is 9.95. The molecule has 1 aromatic heterocycles. The fraction of sp³-hybridized carbons (Fsp3) is 0.0370. The lowest BCUT2D eigenvalue weighted by molar-refractivity contribution is 0.0734. The van der Waals surface area contributed by atoms with Gasteiger partial charge in [-0.15, -0.1) is 11.3 Å². The van der Waals surface area contributed by atoms with Crippen molar-refractivity contribution in [2.24, 2.45) is 0 Å². The number of esters is 1. The molecule has 0 bridgehead atoms. The van der Waals surface area contributed by atoms with Gasteiger partial charge in [0.05, 0.1) is 7.11 Å². The van der Waals surface area contributed by atoms with Crippen molar-refractivity contribution in [2.75, 3.05) is 7.11 Å². The van der Waals surface area contributed by atoms with Crippen LogP contribution < -0.4 is 9.47 Å². The van der Waals surface area contributed by atoms with Gasteiger partial charge in [-0.1, -0.05) is 72.8 Å². The van der Waals surface area contributed by atoms with Crippen LogP contribution in [0.5, 0.6) is 11.5 Å². The molecule has 0 spiro atoms. The van der Waals surface area contributed by atoms with Crippen LogP contribution in [0.15, 0.2) is 96.4 Å². The Hall–Kier alpha value is -3.96. The summed E-state index contributed by atoms with van der Waals surface area (Å²) in [5, 5.41) is 1.81. The lowest BCUT2D eigenvalue weighted by Gasteiger charge is -2.09. The van der Waals surface area contributed by atoms with Gasteiger partial charge >= 0.3 is 5.97 Å². The van der Waals surface area contributed by atoms with Crippen LogP contribution in [0, 0.1) is 0 Å². The molecule has 4 rings (SSSR count). The van der Waals surface area contributed by atoms with E-state index in [4.69, 9.17) is 9.47 Å².